The van der Waals surface area contributed by atoms with Gasteiger partial charge in [-0.2, -0.15) is 0 Å². The lowest BCUT2D eigenvalue weighted by Crippen LogP contribution is -2.28. The van der Waals surface area contributed by atoms with Gasteiger partial charge in [-0.15, -0.1) is 0 Å². The average molecular weight is 249 g/mol. The molecule has 0 atom stereocenters. The largest absolute Gasteiger partial charge is 0.492 e. The molecule has 2 N–H and O–H groups in total. The third kappa shape index (κ3) is 3.07. The van der Waals surface area contributed by atoms with E-state index in [1.165, 1.54) is 18.7 Å². The van der Waals surface area contributed by atoms with Gasteiger partial charge < -0.3 is 20.3 Å². The molecule has 0 amide bonds. The van der Waals surface area contributed by atoms with Crippen molar-refractivity contribution in [2.24, 2.45) is 0 Å². The summed E-state index contributed by atoms with van der Waals surface area (Å²) in [7, 11) is 2.18. The molecule has 1 aromatic rings. The fraction of sp³-hybridized carbons (Fsp3) is 0.571. The first kappa shape index (κ1) is 13.0. The third-order valence-corrected chi connectivity index (χ3v) is 3.38. The Kier molecular flexibility index (Phi) is 4.31. The van der Waals surface area contributed by atoms with Crippen LogP contribution in [-0.2, 0) is 0 Å². The quantitative estimate of drug-likeness (QED) is 0.830. The van der Waals surface area contributed by atoms with Crippen LogP contribution in [0.1, 0.15) is 13.3 Å². The van der Waals surface area contributed by atoms with Crippen molar-refractivity contribution >= 4 is 11.4 Å². The van der Waals surface area contributed by atoms with E-state index in [0.717, 1.165) is 25.4 Å². The van der Waals surface area contributed by atoms with E-state index in [9.17, 15) is 0 Å². The van der Waals surface area contributed by atoms with Gasteiger partial charge >= 0.3 is 0 Å². The zero-order chi connectivity index (χ0) is 13.0. The Morgan fingerprint density at radius 3 is 2.83 bits per heavy atom. The molecule has 0 saturated carbocycles. The molecule has 18 heavy (non-hydrogen) atoms. The van der Waals surface area contributed by atoms with E-state index in [0.29, 0.717) is 12.3 Å². The Morgan fingerprint density at radius 1 is 1.22 bits per heavy atom. The lowest BCUT2D eigenvalue weighted by atomic mass is 10.2. The van der Waals surface area contributed by atoms with E-state index >= 15 is 0 Å². The third-order valence-electron chi connectivity index (χ3n) is 3.38. The first-order valence-corrected chi connectivity index (χ1v) is 6.66. The van der Waals surface area contributed by atoms with Gasteiger partial charge in [0.05, 0.1) is 12.3 Å². The minimum Gasteiger partial charge on any atom is -0.492 e. The minimum absolute atomic E-state index is 0.649. The summed E-state index contributed by atoms with van der Waals surface area (Å²) in [6.07, 6.45) is 1.20. The molecule has 2 rings (SSSR count). The first-order valence-electron chi connectivity index (χ1n) is 6.66. The number of hydrogen-bond donors (Lipinski definition) is 1. The monoisotopic (exact) mass is 249 g/mol. The summed E-state index contributed by atoms with van der Waals surface area (Å²) in [6.45, 7) is 7.06. The molecule has 0 bridgehead atoms. The van der Waals surface area contributed by atoms with Crippen LogP contribution >= 0.6 is 0 Å². The van der Waals surface area contributed by atoms with Crippen LogP contribution in [0.4, 0.5) is 11.4 Å². The number of hydrogen-bond acceptors (Lipinski definition) is 4. The van der Waals surface area contributed by atoms with E-state index in [-0.39, 0.29) is 0 Å². The predicted octanol–water partition coefficient (Wildman–Crippen LogP) is 1.81. The summed E-state index contributed by atoms with van der Waals surface area (Å²) in [4.78, 5) is 4.78. The molecular weight excluding hydrogens is 226 g/mol. The molecule has 0 radical (unpaired) electrons. The number of ether oxygens (including phenoxy) is 1. The molecule has 1 aromatic carbocycles. The molecule has 1 heterocycles. The van der Waals surface area contributed by atoms with Gasteiger partial charge in [0.25, 0.3) is 0 Å². The van der Waals surface area contributed by atoms with Gasteiger partial charge in [-0.3, -0.25) is 0 Å². The fourth-order valence-corrected chi connectivity index (χ4v) is 2.30. The lowest BCUT2D eigenvalue weighted by molar-refractivity contribution is 0.342. The Morgan fingerprint density at radius 2 is 2.06 bits per heavy atom. The zero-order valence-corrected chi connectivity index (χ0v) is 11.4. The van der Waals surface area contributed by atoms with Gasteiger partial charge in [0.2, 0.25) is 0 Å². The van der Waals surface area contributed by atoms with E-state index in [4.69, 9.17) is 10.5 Å². The highest BCUT2D eigenvalue weighted by molar-refractivity contribution is 5.62. The number of anilines is 2. The molecule has 4 nitrogen and oxygen atoms in total. The second-order valence-corrected chi connectivity index (χ2v) is 4.80. The molecule has 1 saturated heterocycles. The molecule has 1 aliphatic rings. The normalized spacial score (nSPS) is 17.6. The van der Waals surface area contributed by atoms with Crippen LogP contribution in [0.2, 0.25) is 0 Å². The van der Waals surface area contributed by atoms with Gasteiger partial charge in [-0.1, -0.05) is 0 Å². The molecular formula is C14H23N3O. The summed E-state index contributed by atoms with van der Waals surface area (Å²) in [5.41, 5.74) is 7.83. The minimum atomic E-state index is 0.649. The van der Waals surface area contributed by atoms with Gasteiger partial charge in [0, 0.05) is 31.4 Å². The number of nitrogens with zero attached hydrogens (tertiary/aromatic N) is 2. The molecule has 4 heteroatoms. The smallest absolute Gasteiger partial charge is 0.144 e. The van der Waals surface area contributed by atoms with Crippen molar-refractivity contribution < 1.29 is 4.74 Å². The van der Waals surface area contributed by atoms with Gasteiger partial charge in [0.1, 0.15) is 5.75 Å². The van der Waals surface area contributed by atoms with E-state index < -0.39 is 0 Å². The summed E-state index contributed by atoms with van der Waals surface area (Å²) in [6, 6.07) is 6.09. The van der Waals surface area contributed by atoms with Crippen LogP contribution in [0.25, 0.3) is 0 Å². The molecule has 0 unspecified atom stereocenters. The Bertz CT molecular complexity index is 395. The number of nitrogens with two attached hydrogens (primary N) is 1. The average Bonchev–Trinajstić information content (AvgIpc) is 2.57. The van der Waals surface area contributed by atoms with Crippen molar-refractivity contribution in [3.63, 3.8) is 0 Å². The molecule has 1 aliphatic heterocycles. The maximum absolute atomic E-state index is 5.91. The molecule has 1 fully saturated rings. The second kappa shape index (κ2) is 5.96. The molecule has 0 aliphatic carbocycles. The number of nitrogen functional groups attached to an aromatic ring is 1. The predicted molar refractivity (Wildman–Crippen MR) is 76.4 cm³/mol. The highest BCUT2D eigenvalue weighted by atomic mass is 16.5. The molecule has 100 valence electrons. The summed E-state index contributed by atoms with van der Waals surface area (Å²) in [5.74, 6) is 0.799. The SMILES string of the molecule is CCOc1cc(N2CCCN(C)CC2)ccc1N. The van der Waals surface area contributed by atoms with E-state index in [2.05, 4.69) is 29.0 Å². The summed E-state index contributed by atoms with van der Waals surface area (Å²) >= 11 is 0. The van der Waals surface area contributed by atoms with Crippen molar-refractivity contribution in [3.05, 3.63) is 18.2 Å². The Labute approximate surface area is 109 Å². The standard InChI is InChI=1S/C14H23N3O/c1-3-18-14-11-12(5-6-13(14)15)17-8-4-7-16(2)9-10-17/h5-6,11H,3-4,7-10,15H2,1-2H3. The van der Waals surface area contributed by atoms with Crippen molar-refractivity contribution in [1.82, 2.24) is 4.90 Å². The van der Waals surface area contributed by atoms with Gasteiger partial charge in [0.15, 0.2) is 0 Å². The van der Waals surface area contributed by atoms with Crippen LogP contribution in [0.15, 0.2) is 18.2 Å². The maximum Gasteiger partial charge on any atom is 0.144 e. The zero-order valence-electron chi connectivity index (χ0n) is 11.4. The molecule has 0 spiro atoms. The number of likely N-dealkylation sites (N-methyl/N-ethyl adjacent to an activating group) is 1. The Hall–Kier alpha value is -1.42. The van der Waals surface area contributed by atoms with Gasteiger partial charge in [-0.25, -0.2) is 0 Å². The van der Waals surface area contributed by atoms with E-state index in [1.807, 2.05) is 13.0 Å². The van der Waals surface area contributed by atoms with Crippen LogP contribution in [0.3, 0.4) is 0 Å². The summed E-state index contributed by atoms with van der Waals surface area (Å²) < 4.78 is 5.56. The number of benzene rings is 1. The highest BCUT2D eigenvalue weighted by Gasteiger charge is 2.13. The molecule has 0 aromatic heterocycles. The topological polar surface area (TPSA) is 41.7 Å². The van der Waals surface area contributed by atoms with Crippen LogP contribution in [-0.4, -0.2) is 44.7 Å². The van der Waals surface area contributed by atoms with Crippen molar-refractivity contribution in [2.75, 3.05) is 50.5 Å². The van der Waals surface area contributed by atoms with Crippen molar-refractivity contribution in [2.45, 2.75) is 13.3 Å². The first-order chi connectivity index (χ1) is 8.70. The fourth-order valence-electron chi connectivity index (χ4n) is 2.30. The van der Waals surface area contributed by atoms with Crippen LogP contribution in [0, 0.1) is 0 Å². The highest BCUT2D eigenvalue weighted by Crippen LogP contribution is 2.28. The van der Waals surface area contributed by atoms with Crippen LogP contribution in [0.5, 0.6) is 5.75 Å². The van der Waals surface area contributed by atoms with Crippen LogP contribution < -0.4 is 15.4 Å². The lowest BCUT2D eigenvalue weighted by Gasteiger charge is -2.23. The van der Waals surface area contributed by atoms with Gasteiger partial charge in [-0.05, 0) is 39.1 Å². The van der Waals surface area contributed by atoms with E-state index in [1.54, 1.807) is 0 Å². The Balaban J connectivity index is 2.14. The second-order valence-electron chi connectivity index (χ2n) is 4.80. The van der Waals surface area contributed by atoms with Crippen molar-refractivity contribution in [1.29, 1.82) is 0 Å². The van der Waals surface area contributed by atoms with Crippen molar-refractivity contribution in [3.8, 4) is 5.75 Å². The summed E-state index contributed by atoms with van der Waals surface area (Å²) in [5, 5.41) is 0. The number of rotatable bonds is 3. The maximum atomic E-state index is 5.91.